The Morgan fingerprint density at radius 1 is 1.15 bits per heavy atom. The molecule has 2 heterocycles. The summed E-state index contributed by atoms with van der Waals surface area (Å²) in [7, 11) is 0. The largest absolute Gasteiger partial charge is 0.493 e. The van der Waals surface area contributed by atoms with Crippen LogP contribution < -0.4 is 4.74 Å². The first-order chi connectivity index (χ1) is 15.7. The maximum Gasteiger partial charge on any atom is 0.389 e. The Labute approximate surface area is 190 Å². The van der Waals surface area contributed by atoms with Crippen molar-refractivity contribution in [1.29, 1.82) is 0 Å². The van der Waals surface area contributed by atoms with E-state index in [-0.39, 0.29) is 6.61 Å². The topological polar surface area (TPSA) is 61.6 Å². The van der Waals surface area contributed by atoms with Crippen molar-refractivity contribution in [3.8, 4) is 17.1 Å². The minimum atomic E-state index is -4.41. The molecule has 0 aliphatic rings. The second-order valence-electron chi connectivity index (χ2n) is 7.64. The molecule has 5 nitrogen and oxygen atoms in total. The lowest BCUT2D eigenvalue weighted by Crippen LogP contribution is -2.25. The third-order valence-corrected chi connectivity index (χ3v) is 5.12. The monoisotopic (exact) mass is 461 g/mol. The van der Waals surface area contributed by atoms with Gasteiger partial charge in [0.1, 0.15) is 17.1 Å². The number of alkyl halides is 3. The average Bonchev–Trinajstić information content (AvgIpc) is 3.22. The van der Waals surface area contributed by atoms with Crippen LogP contribution in [0.2, 0.25) is 0 Å². The Hall–Kier alpha value is -3.29. The second-order valence-corrected chi connectivity index (χ2v) is 7.64. The highest BCUT2D eigenvalue weighted by molar-refractivity contribution is 5.84. The highest BCUT2D eigenvalue weighted by Crippen LogP contribution is 2.32. The molecular weight excluding hydrogens is 435 g/mol. The number of pyridine rings is 1. The number of aryl methyl sites for hydroxylation is 2. The minimum absolute atomic E-state index is 0.272. The highest BCUT2D eigenvalue weighted by atomic mass is 19.4. The summed E-state index contributed by atoms with van der Waals surface area (Å²) in [6, 6.07) is 11.0. The second kappa shape index (κ2) is 10.6. The van der Waals surface area contributed by atoms with Crippen molar-refractivity contribution < 1.29 is 31.9 Å². The highest BCUT2D eigenvalue weighted by Gasteiger charge is 2.33. The molecule has 0 radical (unpaired) electrons. The molecule has 0 saturated heterocycles. The van der Waals surface area contributed by atoms with E-state index in [4.69, 9.17) is 13.9 Å². The molecule has 0 aliphatic heterocycles. The van der Waals surface area contributed by atoms with Crippen molar-refractivity contribution in [2.45, 2.75) is 39.3 Å². The van der Waals surface area contributed by atoms with Gasteiger partial charge in [-0.2, -0.15) is 13.2 Å². The number of benzene rings is 1. The van der Waals surface area contributed by atoms with Crippen LogP contribution in [0.3, 0.4) is 0 Å². The summed E-state index contributed by atoms with van der Waals surface area (Å²) in [5.74, 6) is -0.798. The predicted octanol–water partition coefficient (Wildman–Crippen LogP) is 6.30. The van der Waals surface area contributed by atoms with Crippen LogP contribution in [0.5, 0.6) is 5.75 Å². The van der Waals surface area contributed by atoms with E-state index in [1.807, 2.05) is 32.0 Å². The maximum absolute atomic E-state index is 12.9. The van der Waals surface area contributed by atoms with E-state index in [0.717, 1.165) is 41.3 Å². The summed E-state index contributed by atoms with van der Waals surface area (Å²) in [6.07, 6.45) is -3.04. The fourth-order valence-electron chi connectivity index (χ4n) is 3.44. The van der Waals surface area contributed by atoms with Gasteiger partial charge in [-0.15, -0.1) is 0 Å². The van der Waals surface area contributed by atoms with Crippen molar-refractivity contribution in [3.05, 3.63) is 60.4 Å². The molecule has 3 rings (SSSR count). The van der Waals surface area contributed by atoms with Crippen molar-refractivity contribution in [2.75, 3.05) is 13.2 Å². The molecule has 0 aliphatic carbocycles. The van der Waals surface area contributed by atoms with Gasteiger partial charge in [0.15, 0.2) is 0 Å². The van der Waals surface area contributed by atoms with Crippen molar-refractivity contribution in [2.24, 2.45) is 5.92 Å². The standard InChI is InChI=1S/C25H26F3NO4/c1-4-18-8-10-20(21(5-2)29-18)23-11-17-7-9-19(12-22(17)33-23)31-14-16(13-25(26,27)28)15-32-24(30)6-3/h6-12,16H,3-5,13-15H2,1-2H3. The SMILES string of the molecule is C=CC(=O)OCC(COc1ccc2cc(-c3ccc(CC)nc3CC)oc2c1)CC(F)(F)F. The third kappa shape index (κ3) is 6.60. The summed E-state index contributed by atoms with van der Waals surface area (Å²) >= 11 is 0. The van der Waals surface area contributed by atoms with E-state index < -0.39 is 31.1 Å². The summed E-state index contributed by atoms with van der Waals surface area (Å²) in [4.78, 5) is 15.9. The van der Waals surface area contributed by atoms with Crippen LogP contribution >= 0.6 is 0 Å². The predicted molar refractivity (Wildman–Crippen MR) is 119 cm³/mol. The van der Waals surface area contributed by atoms with Gasteiger partial charge in [0.05, 0.1) is 25.3 Å². The Morgan fingerprint density at radius 2 is 1.94 bits per heavy atom. The van der Waals surface area contributed by atoms with E-state index in [0.29, 0.717) is 17.1 Å². The van der Waals surface area contributed by atoms with Gasteiger partial charge in [0.2, 0.25) is 0 Å². The van der Waals surface area contributed by atoms with Crippen LogP contribution in [-0.2, 0) is 22.4 Å². The van der Waals surface area contributed by atoms with Gasteiger partial charge in [-0.3, -0.25) is 4.98 Å². The molecule has 1 aromatic carbocycles. The van der Waals surface area contributed by atoms with E-state index in [1.54, 1.807) is 18.2 Å². The fraction of sp³-hybridized carbons (Fsp3) is 0.360. The molecule has 0 saturated carbocycles. The van der Waals surface area contributed by atoms with Gasteiger partial charge in [-0.05, 0) is 43.2 Å². The zero-order chi connectivity index (χ0) is 24.0. The number of furan rings is 1. The average molecular weight is 461 g/mol. The summed E-state index contributed by atoms with van der Waals surface area (Å²) < 4.78 is 55.0. The number of ether oxygens (including phenoxy) is 2. The lowest BCUT2D eigenvalue weighted by atomic mass is 10.1. The van der Waals surface area contributed by atoms with E-state index in [1.165, 1.54) is 0 Å². The zero-order valence-corrected chi connectivity index (χ0v) is 18.6. The molecule has 8 heteroatoms. The third-order valence-electron chi connectivity index (χ3n) is 5.12. The number of carbonyl (C=O) groups is 1. The lowest BCUT2D eigenvalue weighted by molar-refractivity contribution is -0.157. The van der Waals surface area contributed by atoms with Gasteiger partial charge in [-0.25, -0.2) is 4.79 Å². The first kappa shape index (κ1) is 24.4. The van der Waals surface area contributed by atoms with Crippen LogP contribution in [0.1, 0.15) is 31.7 Å². The Morgan fingerprint density at radius 3 is 2.61 bits per heavy atom. The number of aromatic nitrogens is 1. The Bertz CT molecular complexity index is 1120. The van der Waals surface area contributed by atoms with E-state index in [9.17, 15) is 18.0 Å². The van der Waals surface area contributed by atoms with Crippen molar-refractivity contribution in [1.82, 2.24) is 4.98 Å². The molecule has 176 valence electrons. The normalized spacial score (nSPS) is 12.5. The van der Waals surface area contributed by atoms with Gasteiger partial charge in [0.25, 0.3) is 0 Å². The number of fused-ring (bicyclic) bond motifs is 1. The molecule has 33 heavy (non-hydrogen) atoms. The molecule has 3 aromatic rings. The molecule has 1 unspecified atom stereocenters. The van der Waals surface area contributed by atoms with E-state index >= 15 is 0 Å². The van der Waals surface area contributed by atoms with E-state index in [2.05, 4.69) is 11.6 Å². The van der Waals surface area contributed by atoms with Gasteiger partial charge >= 0.3 is 12.1 Å². The lowest BCUT2D eigenvalue weighted by Gasteiger charge is -2.19. The molecule has 2 aromatic heterocycles. The number of hydrogen-bond acceptors (Lipinski definition) is 5. The molecule has 0 N–H and O–H groups in total. The van der Waals surface area contributed by atoms with Gasteiger partial charge < -0.3 is 13.9 Å². The Kier molecular flexibility index (Phi) is 7.79. The number of rotatable bonds is 10. The van der Waals surface area contributed by atoms with Crippen molar-refractivity contribution >= 4 is 16.9 Å². The zero-order valence-electron chi connectivity index (χ0n) is 18.6. The fourth-order valence-corrected chi connectivity index (χ4v) is 3.44. The number of esters is 1. The first-order valence-corrected chi connectivity index (χ1v) is 10.7. The molecule has 0 amide bonds. The van der Waals surface area contributed by atoms with Crippen LogP contribution in [0, 0.1) is 5.92 Å². The summed E-state index contributed by atoms with van der Waals surface area (Å²) in [6.45, 7) is 6.63. The molecule has 1 atom stereocenters. The molecule has 0 spiro atoms. The maximum atomic E-state index is 12.9. The smallest absolute Gasteiger partial charge is 0.389 e. The first-order valence-electron chi connectivity index (χ1n) is 10.7. The van der Waals surface area contributed by atoms with Crippen LogP contribution in [0.15, 0.2) is 53.5 Å². The number of carbonyl (C=O) groups excluding carboxylic acids is 1. The van der Waals surface area contributed by atoms with Gasteiger partial charge in [0, 0.05) is 34.7 Å². The van der Waals surface area contributed by atoms with Crippen LogP contribution in [0.4, 0.5) is 13.2 Å². The molecular formula is C25H26F3NO4. The molecule has 0 bridgehead atoms. The number of nitrogens with zero attached hydrogens (tertiary/aromatic N) is 1. The summed E-state index contributed by atoms with van der Waals surface area (Å²) in [5, 5.41) is 0.839. The van der Waals surface area contributed by atoms with Crippen LogP contribution in [-0.4, -0.2) is 30.3 Å². The minimum Gasteiger partial charge on any atom is -0.493 e. The number of hydrogen-bond donors (Lipinski definition) is 0. The van der Waals surface area contributed by atoms with Gasteiger partial charge in [-0.1, -0.05) is 20.4 Å². The van der Waals surface area contributed by atoms with Crippen LogP contribution in [0.25, 0.3) is 22.3 Å². The molecule has 0 fully saturated rings. The summed E-state index contributed by atoms with van der Waals surface area (Å²) in [5.41, 5.74) is 3.40. The van der Waals surface area contributed by atoms with Crippen molar-refractivity contribution in [3.63, 3.8) is 0 Å². The number of halogens is 3. The quantitative estimate of drug-likeness (QED) is 0.262. The Balaban J connectivity index is 1.76.